The molecule has 0 radical (unpaired) electrons. The summed E-state index contributed by atoms with van der Waals surface area (Å²) >= 11 is 0. The van der Waals surface area contributed by atoms with Crippen molar-refractivity contribution in [1.29, 1.82) is 0 Å². The minimum absolute atomic E-state index is 0.0621. The Morgan fingerprint density at radius 1 is 0.275 bits per heavy atom. The van der Waals surface area contributed by atoms with E-state index in [4.69, 9.17) is 14.2 Å². The van der Waals surface area contributed by atoms with Gasteiger partial charge in [-0.3, -0.25) is 14.4 Å². The SMILES string of the molecule is CCCCCCCCCCCCCCCCCCCCC(=O)O[C@@H](COC(=O)CCCCCCCCCCCCCCCCCC(C)C)COC(=O)CCCCCCCCCCCCCCC(C)C. The van der Waals surface area contributed by atoms with Crippen LogP contribution in [-0.2, 0) is 28.6 Å². The maximum Gasteiger partial charge on any atom is 0.306 e. The molecule has 6 nitrogen and oxygen atoms in total. The average molecular weight is 976 g/mol. The predicted octanol–water partition coefficient (Wildman–Crippen LogP) is 20.8. The lowest BCUT2D eigenvalue weighted by molar-refractivity contribution is -0.167. The average Bonchev–Trinajstić information content (AvgIpc) is 3.32. The molecule has 0 aliphatic rings. The maximum atomic E-state index is 12.9. The molecule has 0 N–H and O–H groups in total. The normalized spacial score (nSPS) is 12.0. The Labute approximate surface area is 431 Å². The molecule has 0 amide bonds. The Balaban J connectivity index is 4.29. The number of hydrogen-bond donors (Lipinski definition) is 0. The van der Waals surface area contributed by atoms with Crippen molar-refractivity contribution in [2.45, 2.75) is 362 Å². The van der Waals surface area contributed by atoms with E-state index in [-0.39, 0.29) is 31.1 Å². The van der Waals surface area contributed by atoms with Crippen molar-refractivity contribution < 1.29 is 28.6 Å². The highest BCUT2D eigenvalue weighted by Gasteiger charge is 2.19. The van der Waals surface area contributed by atoms with Gasteiger partial charge < -0.3 is 14.2 Å². The van der Waals surface area contributed by atoms with Crippen LogP contribution in [0.3, 0.4) is 0 Å². The van der Waals surface area contributed by atoms with E-state index in [2.05, 4.69) is 34.6 Å². The highest BCUT2D eigenvalue weighted by atomic mass is 16.6. The minimum atomic E-state index is -0.763. The van der Waals surface area contributed by atoms with Gasteiger partial charge in [0, 0.05) is 19.3 Å². The molecule has 410 valence electrons. The van der Waals surface area contributed by atoms with E-state index in [1.54, 1.807) is 0 Å². The Hall–Kier alpha value is -1.59. The highest BCUT2D eigenvalue weighted by Crippen LogP contribution is 2.19. The third kappa shape index (κ3) is 57.2. The molecule has 0 aromatic rings. The monoisotopic (exact) mass is 975 g/mol. The van der Waals surface area contributed by atoms with Gasteiger partial charge in [0.05, 0.1) is 0 Å². The first-order valence-corrected chi connectivity index (χ1v) is 31.2. The molecule has 6 heteroatoms. The molecule has 0 saturated heterocycles. The van der Waals surface area contributed by atoms with Crippen molar-refractivity contribution in [2.24, 2.45) is 11.8 Å². The molecule has 0 aromatic heterocycles. The predicted molar refractivity (Wildman–Crippen MR) is 298 cm³/mol. The molecule has 1 atom stereocenters. The second kappa shape index (κ2) is 55.7. The van der Waals surface area contributed by atoms with Crippen LogP contribution in [0, 0.1) is 11.8 Å². The van der Waals surface area contributed by atoms with E-state index < -0.39 is 6.10 Å². The van der Waals surface area contributed by atoms with E-state index in [1.165, 1.54) is 244 Å². The number of carbonyl (C=O) groups is 3. The smallest absolute Gasteiger partial charge is 0.306 e. The van der Waals surface area contributed by atoms with Crippen LogP contribution in [0.25, 0.3) is 0 Å². The second-order valence-electron chi connectivity index (χ2n) is 22.6. The Bertz CT molecular complexity index is 1060. The lowest BCUT2D eigenvalue weighted by Crippen LogP contribution is -2.30. The highest BCUT2D eigenvalue weighted by molar-refractivity contribution is 5.71. The first-order chi connectivity index (χ1) is 33.7. The fraction of sp³-hybridized carbons (Fsp3) is 0.952. The topological polar surface area (TPSA) is 78.9 Å². The molecule has 0 fully saturated rings. The van der Waals surface area contributed by atoms with Crippen LogP contribution in [0.2, 0.25) is 0 Å². The minimum Gasteiger partial charge on any atom is -0.462 e. The summed E-state index contributed by atoms with van der Waals surface area (Å²) < 4.78 is 16.9. The molecule has 0 bridgehead atoms. The number of rotatable bonds is 57. The summed E-state index contributed by atoms with van der Waals surface area (Å²) in [6, 6.07) is 0. The van der Waals surface area contributed by atoms with E-state index >= 15 is 0 Å². The van der Waals surface area contributed by atoms with Gasteiger partial charge in [-0.15, -0.1) is 0 Å². The van der Waals surface area contributed by atoms with Crippen LogP contribution < -0.4 is 0 Å². The summed E-state index contributed by atoms with van der Waals surface area (Å²) in [4.78, 5) is 38.3. The molecule has 0 spiro atoms. The maximum absolute atomic E-state index is 12.9. The van der Waals surface area contributed by atoms with Crippen LogP contribution >= 0.6 is 0 Å². The lowest BCUT2D eigenvalue weighted by Gasteiger charge is -2.18. The zero-order valence-electron chi connectivity index (χ0n) is 47.5. The Kier molecular flexibility index (Phi) is 54.4. The summed E-state index contributed by atoms with van der Waals surface area (Å²) in [5.41, 5.74) is 0. The third-order valence-electron chi connectivity index (χ3n) is 14.5. The van der Waals surface area contributed by atoms with Crippen molar-refractivity contribution in [3.8, 4) is 0 Å². The van der Waals surface area contributed by atoms with Gasteiger partial charge in [0.1, 0.15) is 13.2 Å². The van der Waals surface area contributed by atoms with Crippen LogP contribution in [-0.4, -0.2) is 37.2 Å². The molecule has 0 aromatic carbocycles. The quantitative estimate of drug-likeness (QED) is 0.0343. The van der Waals surface area contributed by atoms with Gasteiger partial charge in [-0.2, -0.15) is 0 Å². The van der Waals surface area contributed by atoms with E-state index in [0.29, 0.717) is 19.3 Å². The first-order valence-electron chi connectivity index (χ1n) is 31.2. The van der Waals surface area contributed by atoms with Gasteiger partial charge in [0.15, 0.2) is 6.10 Å². The summed E-state index contributed by atoms with van der Waals surface area (Å²) in [6.07, 6.45) is 61.0. The van der Waals surface area contributed by atoms with E-state index in [9.17, 15) is 14.4 Å². The van der Waals surface area contributed by atoms with Crippen molar-refractivity contribution in [3.63, 3.8) is 0 Å². The van der Waals surface area contributed by atoms with Crippen LogP contribution in [0.5, 0.6) is 0 Å². The molecule has 0 heterocycles. The fourth-order valence-electron chi connectivity index (χ4n) is 9.76. The number of esters is 3. The number of unbranched alkanes of at least 4 members (excludes halogenated alkanes) is 42. The van der Waals surface area contributed by atoms with Crippen LogP contribution in [0.15, 0.2) is 0 Å². The largest absolute Gasteiger partial charge is 0.462 e. The number of ether oxygens (including phenoxy) is 3. The summed E-state index contributed by atoms with van der Waals surface area (Å²) in [7, 11) is 0. The fourth-order valence-corrected chi connectivity index (χ4v) is 9.76. The van der Waals surface area contributed by atoms with Crippen molar-refractivity contribution in [3.05, 3.63) is 0 Å². The summed E-state index contributed by atoms with van der Waals surface area (Å²) in [5.74, 6) is 0.850. The zero-order chi connectivity index (χ0) is 50.4. The molecule has 0 unspecified atom stereocenters. The number of hydrogen-bond acceptors (Lipinski definition) is 6. The van der Waals surface area contributed by atoms with Crippen molar-refractivity contribution >= 4 is 17.9 Å². The van der Waals surface area contributed by atoms with Gasteiger partial charge in [0.25, 0.3) is 0 Å². The van der Waals surface area contributed by atoms with E-state index in [1.807, 2.05) is 0 Å². The zero-order valence-corrected chi connectivity index (χ0v) is 47.5. The molecular weight excluding hydrogens is 853 g/mol. The molecule has 0 saturated carbocycles. The Morgan fingerprint density at radius 3 is 0.710 bits per heavy atom. The lowest BCUT2D eigenvalue weighted by atomic mass is 10.0. The number of carbonyl (C=O) groups excluding carboxylic acids is 3. The standard InChI is InChI=1S/C63H122O6/c1-6-7-8-9-10-11-12-13-14-15-16-19-23-30-35-40-45-50-55-63(66)69-60(57-68-62(65)54-49-44-39-34-29-25-24-27-32-37-42-47-52-59(4)5)56-67-61(64)53-48-43-38-33-28-22-20-17-18-21-26-31-36-41-46-51-58(2)3/h58-60H,6-57H2,1-5H3/t60-/m0/s1. The second-order valence-corrected chi connectivity index (χ2v) is 22.6. The van der Waals surface area contributed by atoms with Gasteiger partial charge in [-0.1, -0.05) is 317 Å². The van der Waals surface area contributed by atoms with Gasteiger partial charge in [0.2, 0.25) is 0 Å². The van der Waals surface area contributed by atoms with E-state index in [0.717, 1.165) is 69.6 Å². The Morgan fingerprint density at radius 2 is 0.478 bits per heavy atom. The first kappa shape index (κ1) is 67.4. The molecule has 0 aliphatic carbocycles. The van der Waals surface area contributed by atoms with Crippen molar-refractivity contribution in [1.82, 2.24) is 0 Å². The molecule has 0 aliphatic heterocycles. The van der Waals surface area contributed by atoms with Gasteiger partial charge in [-0.05, 0) is 31.1 Å². The van der Waals surface area contributed by atoms with Gasteiger partial charge in [-0.25, -0.2) is 0 Å². The third-order valence-corrected chi connectivity index (χ3v) is 14.5. The molecule has 69 heavy (non-hydrogen) atoms. The van der Waals surface area contributed by atoms with Crippen LogP contribution in [0.4, 0.5) is 0 Å². The molecule has 0 rings (SSSR count). The summed E-state index contributed by atoms with van der Waals surface area (Å²) in [5, 5.41) is 0. The van der Waals surface area contributed by atoms with Crippen LogP contribution in [0.1, 0.15) is 356 Å². The van der Waals surface area contributed by atoms with Crippen molar-refractivity contribution in [2.75, 3.05) is 13.2 Å². The van der Waals surface area contributed by atoms with Gasteiger partial charge >= 0.3 is 17.9 Å². The summed E-state index contributed by atoms with van der Waals surface area (Å²) in [6.45, 7) is 11.4. The molecular formula is C63H122O6.